The molecule has 0 spiro atoms. The number of carbonyl (C=O) groups excluding carboxylic acids is 1. The van der Waals surface area contributed by atoms with Crippen LogP contribution < -0.4 is 0 Å². The number of carbonyl (C=O) groups is 1. The summed E-state index contributed by atoms with van der Waals surface area (Å²) in [6, 6.07) is 27.7. The Morgan fingerprint density at radius 3 is 1.34 bits per heavy atom. The van der Waals surface area contributed by atoms with E-state index < -0.39 is 0 Å². The van der Waals surface area contributed by atoms with Crippen LogP contribution in [0.5, 0.6) is 0 Å². The molecule has 0 bridgehead atoms. The second-order valence-corrected chi connectivity index (χ2v) is 6.35. The third-order valence-electron chi connectivity index (χ3n) is 3.46. The Balaban J connectivity index is 0.000000219. The van der Waals surface area contributed by atoms with Crippen LogP contribution in [-0.4, -0.2) is 33.4 Å². The second-order valence-electron chi connectivity index (χ2n) is 5.58. The van der Waals surface area contributed by atoms with Crippen molar-refractivity contribution >= 4 is 40.5 Å². The van der Waals surface area contributed by atoms with Gasteiger partial charge >= 0.3 is 5.97 Å². The number of aliphatic hydroxyl groups excluding tert-OH is 2. The van der Waals surface area contributed by atoms with E-state index in [0.717, 1.165) is 5.56 Å². The minimum atomic E-state index is -0.198. The molecule has 150 valence electrons. The van der Waals surface area contributed by atoms with Crippen molar-refractivity contribution in [3.05, 3.63) is 108 Å². The molecule has 0 radical (unpaired) electrons. The molecule has 0 fully saturated rings. The molecule has 2 N–H and O–H groups in total. The van der Waals surface area contributed by atoms with E-state index in [1.807, 2.05) is 66.7 Å². The monoisotopic (exact) mass is 426 g/mol. The molecule has 0 amide bonds. The van der Waals surface area contributed by atoms with Gasteiger partial charge in [0, 0.05) is 11.1 Å². The lowest BCUT2D eigenvalue weighted by molar-refractivity contribution is -0.139. The third-order valence-corrected chi connectivity index (χ3v) is 3.93. The van der Waals surface area contributed by atoms with E-state index >= 15 is 0 Å². The molecule has 4 nitrogen and oxygen atoms in total. The van der Waals surface area contributed by atoms with Crippen molar-refractivity contribution in [2.45, 2.75) is 6.42 Å². The Kier molecular flexibility index (Phi) is 11.5. The highest BCUT2D eigenvalue weighted by Gasteiger charge is 1.99. The van der Waals surface area contributed by atoms with Crippen molar-refractivity contribution in [3.8, 4) is 0 Å². The number of hydrogen-bond acceptors (Lipinski definition) is 4. The zero-order valence-corrected chi connectivity index (χ0v) is 17.5. The molecule has 3 aromatic rings. The molecule has 6 heteroatoms. The van der Waals surface area contributed by atoms with Crippen molar-refractivity contribution in [1.82, 2.24) is 0 Å². The van der Waals surface area contributed by atoms with E-state index in [1.54, 1.807) is 24.3 Å². The van der Waals surface area contributed by atoms with Gasteiger partial charge in [0.15, 0.2) is 10.1 Å². The first-order chi connectivity index (χ1) is 13.9. The van der Waals surface area contributed by atoms with Crippen LogP contribution >= 0.6 is 24.4 Å². The standard InChI is InChI=1S/C9H10O2.2C7H6OS/c1-11-9(10)7-8-5-3-2-4-6-8;2*8-7(9)6-4-2-1-3-5-6/h2-6H,7H2,1H3;2*1-5H,(H,8,9). The molecule has 29 heavy (non-hydrogen) atoms. The normalized spacial score (nSPS) is 9.00. The average molecular weight is 427 g/mol. The van der Waals surface area contributed by atoms with Crippen LogP contribution in [0.4, 0.5) is 0 Å². The van der Waals surface area contributed by atoms with Gasteiger partial charge in [-0.2, -0.15) is 0 Å². The Labute approximate surface area is 181 Å². The van der Waals surface area contributed by atoms with Crippen LogP contribution in [0.2, 0.25) is 0 Å². The SMILES string of the molecule is COC(=O)Cc1ccccc1.OC(=S)c1ccccc1.OC(=S)c1ccccc1. The fourth-order valence-electron chi connectivity index (χ4n) is 2.00. The van der Waals surface area contributed by atoms with E-state index in [0.29, 0.717) is 17.5 Å². The molecule has 3 rings (SSSR count). The molecule has 0 aliphatic rings. The van der Waals surface area contributed by atoms with E-state index in [1.165, 1.54) is 7.11 Å². The third kappa shape index (κ3) is 10.7. The quantitative estimate of drug-likeness (QED) is 0.439. The summed E-state index contributed by atoms with van der Waals surface area (Å²) in [5, 5.41) is 17.4. The molecule has 3 aromatic carbocycles. The second kappa shape index (κ2) is 14.0. The summed E-state index contributed by atoms with van der Waals surface area (Å²) in [5.41, 5.74) is 2.39. The van der Waals surface area contributed by atoms with Crippen LogP contribution in [0, 0.1) is 0 Å². The summed E-state index contributed by atoms with van der Waals surface area (Å²) in [6.45, 7) is 0. The van der Waals surface area contributed by atoms with Gasteiger partial charge in [-0.05, 0) is 30.0 Å². The number of thiocarbonyl (C=S) groups is 2. The summed E-state index contributed by atoms with van der Waals surface area (Å²) in [7, 11) is 1.39. The summed E-state index contributed by atoms with van der Waals surface area (Å²) in [5.74, 6) is -0.198. The van der Waals surface area contributed by atoms with Crippen molar-refractivity contribution in [3.63, 3.8) is 0 Å². The van der Waals surface area contributed by atoms with Crippen LogP contribution in [0.3, 0.4) is 0 Å². The smallest absolute Gasteiger partial charge is 0.309 e. The van der Waals surface area contributed by atoms with Crippen LogP contribution in [-0.2, 0) is 16.0 Å². The summed E-state index contributed by atoms with van der Waals surface area (Å²) < 4.78 is 4.52. The zero-order chi connectivity index (χ0) is 21.5. The fourth-order valence-corrected chi connectivity index (χ4v) is 2.27. The fraction of sp³-hybridized carbons (Fsp3) is 0.0870. The molecule has 0 saturated carbocycles. The molecule has 0 unspecified atom stereocenters. The molecule has 0 heterocycles. The Morgan fingerprint density at radius 1 is 0.724 bits per heavy atom. The number of rotatable bonds is 4. The van der Waals surface area contributed by atoms with Gasteiger partial charge in [0.2, 0.25) is 0 Å². The number of ether oxygens (including phenoxy) is 1. The number of aliphatic hydroxyl groups is 2. The van der Waals surface area contributed by atoms with Crippen molar-refractivity contribution in [2.24, 2.45) is 0 Å². The van der Waals surface area contributed by atoms with Gasteiger partial charge in [-0.1, -0.05) is 91.0 Å². The maximum absolute atomic E-state index is 10.8. The van der Waals surface area contributed by atoms with Crippen LogP contribution in [0.1, 0.15) is 16.7 Å². The molecular weight excluding hydrogens is 404 g/mol. The maximum Gasteiger partial charge on any atom is 0.309 e. The van der Waals surface area contributed by atoms with E-state index in [2.05, 4.69) is 29.2 Å². The Morgan fingerprint density at radius 2 is 1.07 bits per heavy atom. The minimum absolute atomic E-state index is 0.0457. The summed E-state index contributed by atoms with van der Waals surface area (Å²) in [4.78, 5) is 10.8. The molecule has 0 aliphatic carbocycles. The van der Waals surface area contributed by atoms with Crippen molar-refractivity contribution in [2.75, 3.05) is 7.11 Å². The predicted molar refractivity (Wildman–Crippen MR) is 124 cm³/mol. The van der Waals surface area contributed by atoms with Crippen LogP contribution in [0.15, 0.2) is 91.0 Å². The lowest BCUT2D eigenvalue weighted by atomic mass is 10.2. The largest absolute Gasteiger partial charge is 0.499 e. The van der Waals surface area contributed by atoms with Gasteiger partial charge in [-0.3, -0.25) is 4.79 Å². The highest BCUT2D eigenvalue weighted by atomic mass is 32.1. The maximum atomic E-state index is 10.8. The van der Waals surface area contributed by atoms with Crippen molar-refractivity contribution in [1.29, 1.82) is 0 Å². The molecule has 0 saturated heterocycles. The molecular formula is C23H22O4S2. The first kappa shape index (κ1) is 23.9. The highest BCUT2D eigenvalue weighted by molar-refractivity contribution is 7.80. The van der Waals surface area contributed by atoms with Gasteiger partial charge in [0.05, 0.1) is 13.5 Å². The Bertz CT molecular complexity index is 833. The van der Waals surface area contributed by atoms with E-state index in [4.69, 9.17) is 10.2 Å². The van der Waals surface area contributed by atoms with Gasteiger partial charge in [0.1, 0.15) is 0 Å². The molecule has 0 aliphatic heterocycles. The molecule has 0 atom stereocenters. The van der Waals surface area contributed by atoms with Gasteiger partial charge < -0.3 is 14.9 Å². The first-order valence-electron chi connectivity index (χ1n) is 8.61. The predicted octanol–water partition coefficient (Wildman–Crippen LogP) is 5.24. The Hall–Kier alpha value is -3.09. The van der Waals surface area contributed by atoms with E-state index in [-0.39, 0.29) is 16.1 Å². The summed E-state index contributed by atoms with van der Waals surface area (Å²) >= 11 is 9.04. The van der Waals surface area contributed by atoms with Crippen molar-refractivity contribution < 1.29 is 19.7 Å². The zero-order valence-electron chi connectivity index (χ0n) is 15.9. The number of hydrogen-bond donors (Lipinski definition) is 2. The van der Waals surface area contributed by atoms with Gasteiger partial charge in [0.25, 0.3) is 0 Å². The van der Waals surface area contributed by atoms with E-state index in [9.17, 15) is 4.79 Å². The number of methoxy groups -OCH3 is 1. The first-order valence-corrected chi connectivity index (χ1v) is 9.43. The van der Waals surface area contributed by atoms with Crippen LogP contribution in [0.25, 0.3) is 0 Å². The summed E-state index contributed by atoms with van der Waals surface area (Å²) in [6.07, 6.45) is 0.358. The lowest BCUT2D eigenvalue weighted by Crippen LogP contribution is -2.03. The van der Waals surface area contributed by atoms with Gasteiger partial charge in [-0.15, -0.1) is 0 Å². The minimum Gasteiger partial charge on any atom is -0.499 e. The highest BCUT2D eigenvalue weighted by Crippen LogP contribution is 2.00. The lowest BCUT2D eigenvalue weighted by Gasteiger charge is -1.97. The number of benzene rings is 3. The molecule has 0 aromatic heterocycles. The average Bonchev–Trinajstić information content (AvgIpc) is 2.76. The topological polar surface area (TPSA) is 66.8 Å². The van der Waals surface area contributed by atoms with Gasteiger partial charge in [-0.25, -0.2) is 0 Å². The number of esters is 1.